The number of hydrogen-bond acceptors (Lipinski definition) is 4. The molecule has 0 saturated carbocycles. The normalized spacial score (nSPS) is 11.2. The summed E-state index contributed by atoms with van der Waals surface area (Å²) in [6, 6.07) is 9.01. The maximum Gasteiger partial charge on any atom is 1.00 e. The Morgan fingerprint density at radius 2 is 1.83 bits per heavy atom. The van der Waals surface area contributed by atoms with Gasteiger partial charge in [-0.3, -0.25) is 9.78 Å². The summed E-state index contributed by atoms with van der Waals surface area (Å²) in [5.41, 5.74) is 2.25. The number of H-pyrrole nitrogens is 1. The van der Waals surface area contributed by atoms with Crippen molar-refractivity contribution in [1.82, 2.24) is 9.97 Å². The van der Waals surface area contributed by atoms with E-state index in [0.29, 0.717) is 17.5 Å². The van der Waals surface area contributed by atoms with E-state index in [1.807, 2.05) is 18.2 Å². The zero-order valence-electron chi connectivity index (χ0n) is 16.2. The van der Waals surface area contributed by atoms with E-state index < -0.39 is 22.9 Å². The van der Waals surface area contributed by atoms with E-state index in [4.69, 9.17) is 48.0 Å². The molecule has 1 aromatic carbocycles. The molecule has 3 rings (SSSR count). The molecule has 6 nitrogen and oxygen atoms in total. The molecule has 29 heavy (non-hydrogen) atoms. The number of methoxy groups -OCH3 is 1. The number of carboxylic acids is 1. The maximum atomic E-state index is 12.3. The molecule has 0 saturated heterocycles. The molecule has 0 aliphatic rings. The Morgan fingerprint density at radius 1 is 1.21 bits per heavy atom. The first kappa shape index (κ1) is 26.9. The molecule has 0 spiro atoms. The molecular formula is C17H15Cl4N2NaO4Pd. The molecule has 2 heterocycles. The van der Waals surface area contributed by atoms with Gasteiger partial charge in [-0.1, -0.05) is 12.1 Å². The Balaban J connectivity index is 0.00000108. The van der Waals surface area contributed by atoms with Crippen LogP contribution in [0.5, 0.6) is 0 Å². The molecule has 0 atom stereocenters. The average molecular weight is 583 g/mol. The van der Waals surface area contributed by atoms with Gasteiger partial charge in [0, 0.05) is 36.0 Å². The second kappa shape index (κ2) is 12.0. The van der Waals surface area contributed by atoms with Gasteiger partial charge < -0.3 is 16.3 Å². The van der Waals surface area contributed by atoms with Gasteiger partial charge in [0.15, 0.2) is 0 Å². The fourth-order valence-electron chi connectivity index (χ4n) is 2.39. The van der Waals surface area contributed by atoms with Crippen molar-refractivity contribution >= 4 is 55.0 Å². The number of aromatic nitrogens is 2. The molecule has 3 aromatic rings. The number of aromatic amines is 1. The quantitative estimate of drug-likeness (QED) is 0.461. The average Bonchev–Trinajstić information content (AvgIpc) is 2.61. The number of carboxylic acid groups (broad SMARTS) is 1. The van der Waals surface area contributed by atoms with Crippen LogP contribution in [-0.4, -0.2) is 28.2 Å². The number of halogens is 4. The van der Waals surface area contributed by atoms with Gasteiger partial charge in [-0.25, -0.2) is 4.79 Å². The molecule has 0 aliphatic carbocycles. The fourth-order valence-corrected chi connectivity index (χ4v) is 2.39. The summed E-state index contributed by atoms with van der Waals surface area (Å²) in [5, 5.41) is 9.39. The minimum Gasteiger partial charge on any atom is -1.00 e. The Labute approximate surface area is 209 Å². The molecule has 0 unspecified atom stereocenters. The third-order valence-corrected chi connectivity index (χ3v) is 3.56. The molecule has 0 aliphatic heterocycles. The van der Waals surface area contributed by atoms with Crippen LogP contribution in [-0.2, 0) is 22.8 Å². The smallest absolute Gasteiger partial charge is 1.00 e. The van der Waals surface area contributed by atoms with Crippen molar-refractivity contribution in [2.24, 2.45) is 0 Å². The van der Waals surface area contributed by atoms with E-state index >= 15 is 0 Å². The predicted octanol–water partition coefficient (Wildman–Crippen LogP) is 2.31. The summed E-state index contributed by atoms with van der Waals surface area (Å²) in [4.78, 5) is 30.5. The second-order valence-electron chi connectivity index (χ2n) is 5.34. The number of pyridine rings is 2. The number of aromatic carboxylic acids is 1. The molecular weight excluding hydrogens is 567 g/mol. The minimum atomic E-state index is -2.81. The molecule has 156 valence electrons. The van der Waals surface area contributed by atoms with E-state index in [9.17, 15) is 9.59 Å². The molecule has 0 bridgehead atoms. The standard InChI is InChI=1S/C17H14N2O4.4ClH.Na.Pd.H/c1-23-9-12-4-2-11(7-18-12)10-3-5-15-13(6-10)16(20)14(8-19-15)17(21)22;;;;;;;/h2-8H,9H2,1H3,(H,19,20)(H,21,22);4*1H;;;/q;;;;;+1;+4;-1/p-4. The summed E-state index contributed by atoms with van der Waals surface area (Å²) in [5.74, 6) is -1.25. The van der Waals surface area contributed by atoms with Gasteiger partial charge in [0.1, 0.15) is 5.56 Å². The van der Waals surface area contributed by atoms with Gasteiger partial charge in [0.25, 0.3) is 0 Å². The third kappa shape index (κ3) is 8.47. The Kier molecular flexibility index (Phi) is 11.1. The van der Waals surface area contributed by atoms with Gasteiger partial charge in [-0.2, -0.15) is 0 Å². The number of rotatable bonds is 4. The summed E-state index contributed by atoms with van der Waals surface area (Å²) < 4.78 is 5.02. The van der Waals surface area contributed by atoms with E-state index in [1.165, 1.54) is 6.20 Å². The van der Waals surface area contributed by atoms with Crippen molar-refractivity contribution in [2.75, 3.05) is 7.11 Å². The number of hydrogen-bond donors (Lipinski definition) is 2. The molecule has 2 N–H and O–H groups in total. The van der Waals surface area contributed by atoms with Crippen molar-refractivity contribution in [2.45, 2.75) is 6.61 Å². The molecule has 0 amide bonds. The van der Waals surface area contributed by atoms with Crippen LogP contribution in [0.1, 0.15) is 17.5 Å². The number of nitrogens with zero attached hydrogens (tertiary/aromatic N) is 1. The fraction of sp³-hybridized carbons (Fsp3) is 0.118. The second-order valence-corrected chi connectivity index (χ2v) is 19.5. The first-order valence-corrected chi connectivity index (χ1v) is 15.4. The van der Waals surface area contributed by atoms with Crippen LogP contribution in [0.2, 0.25) is 0 Å². The first-order chi connectivity index (χ1) is 13.1. The number of nitrogens with one attached hydrogen (secondary N) is 1. The molecule has 2 aromatic heterocycles. The van der Waals surface area contributed by atoms with Crippen LogP contribution in [0.4, 0.5) is 0 Å². The predicted molar refractivity (Wildman–Crippen MR) is 110 cm³/mol. The van der Waals surface area contributed by atoms with Gasteiger partial charge in [-0.05, 0) is 23.8 Å². The van der Waals surface area contributed by atoms with Crippen molar-refractivity contribution in [3.05, 3.63) is 64.2 Å². The number of ether oxygens (including phenoxy) is 1. The van der Waals surface area contributed by atoms with Crippen molar-refractivity contribution in [3.63, 3.8) is 0 Å². The third-order valence-electron chi connectivity index (χ3n) is 3.56. The van der Waals surface area contributed by atoms with E-state index in [2.05, 4.69) is 9.97 Å². The molecule has 0 fully saturated rings. The Morgan fingerprint density at radius 3 is 2.34 bits per heavy atom. The topological polar surface area (TPSA) is 92.3 Å². The minimum absolute atomic E-state index is 0. The van der Waals surface area contributed by atoms with Crippen LogP contribution in [0.25, 0.3) is 22.0 Å². The van der Waals surface area contributed by atoms with E-state index in [-0.39, 0.29) is 36.5 Å². The van der Waals surface area contributed by atoms with Gasteiger partial charge in [0.2, 0.25) is 5.43 Å². The zero-order chi connectivity index (χ0) is 20.9. The van der Waals surface area contributed by atoms with Crippen molar-refractivity contribution < 1.29 is 57.1 Å². The summed E-state index contributed by atoms with van der Waals surface area (Å²) >= 11 is -2.81. The number of carbonyl (C=O) groups is 1. The summed E-state index contributed by atoms with van der Waals surface area (Å²) in [7, 11) is 21.5. The van der Waals surface area contributed by atoms with Crippen LogP contribution >= 0.6 is 38.1 Å². The Bertz CT molecular complexity index is 1040. The molecule has 12 heteroatoms. The van der Waals surface area contributed by atoms with Crippen LogP contribution in [0.15, 0.2) is 47.5 Å². The van der Waals surface area contributed by atoms with Crippen LogP contribution in [0, 0.1) is 0 Å². The number of fused-ring (bicyclic) bond motifs is 1. The van der Waals surface area contributed by atoms with Crippen molar-refractivity contribution in [1.29, 1.82) is 0 Å². The van der Waals surface area contributed by atoms with Crippen LogP contribution < -0.4 is 35.0 Å². The molecule has 0 radical (unpaired) electrons. The van der Waals surface area contributed by atoms with Crippen molar-refractivity contribution in [3.8, 4) is 11.1 Å². The van der Waals surface area contributed by atoms with Gasteiger partial charge >= 0.3 is 85.1 Å². The monoisotopic (exact) mass is 580 g/mol. The van der Waals surface area contributed by atoms with E-state index in [0.717, 1.165) is 16.8 Å². The summed E-state index contributed by atoms with van der Waals surface area (Å²) in [6.07, 6.45) is 2.92. The van der Waals surface area contributed by atoms with Crippen LogP contribution in [0.3, 0.4) is 0 Å². The van der Waals surface area contributed by atoms with Gasteiger partial charge in [-0.15, -0.1) is 0 Å². The maximum absolute atomic E-state index is 12.3. The van der Waals surface area contributed by atoms with E-state index in [1.54, 1.807) is 25.4 Å². The number of benzene rings is 1. The summed E-state index contributed by atoms with van der Waals surface area (Å²) in [6.45, 7) is 0.430. The SMILES string of the molecule is COCc1ccc(-c2ccc3[nH]cc(C(=O)O)c(=O)c3c2)cn1.[Cl][Pd]([Cl])([Cl])[Cl].[H-].[Na+]. The largest absolute Gasteiger partial charge is 1.00 e. The zero-order valence-corrected chi connectivity index (χ0v) is 21.8. The first-order valence-electron chi connectivity index (χ1n) is 7.41. The Hall–Kier alpha value is -0.168. The van der Waals surface area contributed by atoms with Gasteiger partial charge in [0.05, 0.1) is 12.3 Å².